The summed E-state index contributed by atoms with van der Waals surface area (Å²) < 4.78 is 15.7. The van der Waals surface area contributed by atoms with Crippen LogP contribution in [0, 0.1) is 0 Å². The number of anilines is 2. The van der Waals surface area contributed by atoms with Crippen molar-refractivity contribution in [3.63, 3.8) is 0 Å². The Labute approximate surface area is 164 Å². The van der Waals surface area contributed by atoms with E-state index in [1.807, 2.05) is 0 Å². The second-order valence-corrected chi connectivity index (χ2v) is 6.15. The molecule has 0 aromatic heterocycles. The van der Waals surface area contributed by atoms with Gasteiger partial charge in [0.1, 0.15) is 5.75 Å². The van der Waals surface area contributed by atoms with Crippen LogP contribution < -0.4 is 30.6 Å². The maximum atomic E-state index is 12.6. The summed E-state index contributed by atoms with van der Waals surface area (Å²) >= 11 is 6.15. The van der Waals surface area contributed by atoms with E-state index >= 15 is 0 Å². The molecule has 9 nitrogen and oxygen atoms in total. The average molecular weight is 406 g/mol. The molecule has 0 spiro atoms. The highest BCUT2D eigenvalue weighted by molar-refractivity contribution is 6.32. The molecule has 0 bridgehead atoms. The van der Waals surface area contributed by atoms with Crippen LogP contribution in [-0.2, 0) is 9.59 Å². The topological polar surface area (TPSA) is 129 Å². The molecule has 1 heterocycles. The number of hydrogen-bond donors (Lipinski definition) is 3. The lowest BCUT2D eigenvalue weighted by molar-refractivity contribution is -0.120. The molecule has 146 valence electrons. The van der Waals surface area contributed by atoms with Crippen molar-refractivity contribution in [1.29, 1.82) is 0 Å². The molecule has 3 rings (SSSR count). The van der Waals surface area contributed by atoms with Crippen molar-refractivity contribution in [3.05, 3.63) is 40.9 Å². The van der Waals surface area contributed by atoms with Crippen LogP contribution in [0.4, 0.5) is 11.4 Å². The maximum Gasteiger partial charge on any atom is 0.262 e. The van der Waals surface area contributed by atoms with Crippen LogP contribution in [0.15, 0.2) is 30.3 Å². The number of rotatable bonds is 6. The van der Waals surface area contributed by atoms with Gasteiger partial charge in [-0.2, -0.15) is 0 Å². The summed E-state index contributed by atoms with van der Waals surface area (Å²) in [5.74, 6) is -0.636. The van der Waals surface area contributed by atoms with E-state index in [-0.39, 0.29) is 41.2 Å². The van der Waals surface area contributed by atoms with Gasteiger partial charge in [-0.05, 0) is 30.3 Å². The van der Waals surface area contributed by atoms with Crippen molar-refractivity contribution in [1.82, 2.24) is 0 Å². The molecule has 0 radical (unpaired) electrons. The van der Waals surface area contributed by atoms with Crippen LogP contribution >= 0.6 is 11.6 Å². The van der Waals surface area contributed by atoms with Crippen LogP contribution in [0.25, 0.3) is 0 Å². The molecule has 0 saturated heterocycles. The Morgan fingerprint density at radius 2 is 2.11 bits per heavy atom. The molecule has 2 aromatic rings. The number of carbonyl (C=O) groups is 3. The van der Waals surface area contributed by atoms with E-state index in [2.05, 4.69) is 10.6 Å². The number of amides is 3. The third-order valence-electron chi connectivity index (χ3n) is 3.72. The fourth-order valence-corrected chi connectivity index (χ4v) is 2.76. The van der Waals surface area contributed by atoms with Crippen LogP contribution in [0.1, 0.15) is 10.4 Å². The van der Waals surface area contributed by atoms with Crippen LogP contribution in [0.2, 0.25) is 5.02 Å². The Bertz CT molecular complexity index is 963. The Hall–Kier alpha value is -3.46. The van der Waals surface area contributed by atoms with E-state index in [9.17, 15) is 14.4 Å². The molecule has 2 aromatic carbocycles. The van der Waals surface area contributed by atoms with Crippen molar-refractivity contribution in [3.8, 4) is 17.2 Å². The second-order valence-electron chi connectivity index (χ2n) is 5.75. The van der Waals surface area contributed by atoms with Gasteiger partial charge >= 0.3 is 0 Å². The van der Waals surface area contributed by atoms with Crippen LogP contribution in [0.5, 0.6) is 17.2 Å². The number of hydrogen-bond acceptors (Lipinski definition) is 6. The second kappa shape index (κ2) is 8.05. The Kier molecular flexibility index (Phi) is 5.55. The Morgan fingerprint density at radius 3 is 2.82 bits per heavy atom. The van der Waals surface area contributed by atoms with Gasteiger partial charge in [-0.25, -0.2) is 0 Å². The minimum absolute atomic E-state index is 0.0544. The number of fused-ring (bicyclic) bond motifs is 1. The predicted molar refractivity (Wildman–Crippen MR) is 101 cm³/mol. The normalized spacial score (nSPS) is 12.3. The van der Waals surface area contributed by atoms with E-state index in [1.54, 1.807) is 18.2 Å². The fourth-order valence-electron chi connectivity index (χ4n) is 2.50. The van der Waals surface area contributed by atoms with Gasteiger partial charge in [0.15, 0.2) is 24.7 Å². The van der Waals surface area contributed by atoms with Crippen LogP contribution in [0.3, 0.4) is 0 Å². The monoisotopic (exact) mass is 405 g/mol. The minimum atomic E-state index is -0.677. The highest BCUT2D eigenvalue weighted by Gasteiger charge is 2.19. The Balaban J connectivity index is 1.81. The molecule has 0 saturated carbocycles. The lowest BCUT2D eigenvalue weighted by atomic mass is 10.1. The largest absolute Gasteiger partial charge is 0.493 e. The summed E-state index contributed by atoms with van der Waals surface area (Å²) in [6, 6.07) is 7.64. The van der Waals surface area contributed by atoms with Crippen molar-refractivity contribution < 1.29 is 28.6 Å². The van der Waals surface area contributed by atoms with E-state index in [1.165, 1.54) is 19.2 Å². The first-order valence-electron chi connectivity index (χ1n) is 8.04. The number of ether oxygens (including phenoxy) is 3. The summed E-state index contributed by atoms with van der Waals surface area (Å²) in [6.07, 6.45) is 0. The molecule has 10 heteroatoms. The molecular formula is C18H16ClN3O6. The molecule has 0 fully saturated rings. The molecule has 0 atom stereocenters. The number of primary amides is 1. The van der Waals surface area contributed by atoms with Crippen molar-refractivity contribution in [2.75, 3.05) is 31.0 Å². The molecule has 4 N–H and O–H groups in total. The first-order valence-corrected chi connectivity index (χ1v) is 8.42. The highest BCUT2D eigenvalue weighted by Crippen LogP contribution is 2.37. The van der Waals surface area contributed by atoms with Crippen molar-refractivity contribution in [2.45, 2.75) is 0 Å². The van der Waals surface area contributed by atoms with Crippen molar-refractivity contribution in [2.24, 2.45) is 5.73 Å². The number of benzene rings is 2. The average Bonchev–Trinajstić information content (AvgIpc) is 2.65. The molecule has 28 heavy (non-hydrogen) atoms. The van der Waals surface area contributed by atoms with Gasteiger partial charge in [-0.3, -0.25) is 14.4 Å². The zero-order valence-electron chi connectivity index (χ0n) is 14.7. The fraction of sp³-hybridized carbons (Fsp3) is 0.167. The van der Waals surface area contributed by atoms with Gasteiger partial charge in [-0.15, -0.1) is 0 Å². The SMILES string of the molecule is COc1cc(C(=O)Nc2ccc3c(c2)NC(=O)CO3)cc(Cl)c1OCC(N)=O. The zero-order chi connectivity index (χ0) is 20.3. The minimum Gasteiger partial charge on any atom is -0.493 e. The van der Waals surface area contributed by atoms with Gasteiger partial charge in [0.2, 0.25) is 0 Å². The molecule has 3 amide bonds. The van der Waals surface area contributed by atoms with E-state index in [4.69, 9.17) is 31.5 Å². The van der Waals surface area contributed by atoms with Gasteiger partial charge in [-0.1, -0.05) is 11.6 Å². The smallest absolute Gasteiger partial charge is 0.262 e. The number of carbonyl (C=O) groups excluding carboxylic acids is 3. The van der Waals surface area contributed by atoms with Gasteiger partial charge < -0.3 is 30.6 Å². The zero-order valence-corrected chi connectivity index (χ0v) is 15.5. The summed E-state index contributed by atoms with van der Waals surface area (Å²) in [5.41, 5.74) is 6.16. The highest BCUT2D eigenvalue weighted by atomic mass is 35.5. The molecule has 0 unspecified atom stereocenters. The number of methoxy groups -OCH3 is 1. The van der Waals surface area contributed by atoms with E-state index in [0.717, 1.165) is 0 Å². The van der Waals surface area contributed by atoms with Gasteiger partial charge in [0, 0.05) is 11.3 Å². The summed E-state index contributed by atoms with van der Waals surface area (Å²) in [7, 11) is 1.37. The first kappa shape index (κ1) is 19.3. The Morgan fingerprint density at radius 1 is 1.32 bits per heavy atom. The molecule has 1 aliphatic rings. The summed E-state index contributed by atoms with van der Waals surface area (Å²) in [6.45, 7) is -0.439. The number of halogens is 1. The standard InChI is InChI=1S/C18H16ClN3O6/c1-26-14-5-9(4-11(19)17(14)28-7-15(20)23)18(25)21-10-2-3-13-12(6-10)22-16(24)8-27-13/h2-6H,7-8H2,1H3,(H2,20,23)(H,21,25)(H,22,24). The quantitative estimate of drug-likeness (QED) is 0.672. The lowest BCUT2D eigenvalue weighted by Gasteiger charge is -2.18. The predicted octanol–water partition coefficient (Wildman–Crippen LogP) is 1.80. The van der Waals surface area contributed by atoms with Crippen molar-refractivity contribution >= 4 is 40.7 Å². The van der Waals surface area contributed by atoms with Gasteiger partial charge in [0.05, 0.1) is 17.8 Å². The van der Waals surface area contributed by atoms with Crippen LogP contribution in [-0.4, -0.2) is 38.0 Å². The van der Waals surface area contributed by atoms with E-state index < -0.39 is 11.8 Å². The first-order chi connectivity index (χ1) is 13.4. The summed E-state index contributed by atoms with van der Waals surface area (Å²) in [5, 5.41) is 5.44. The molecule has 1 aliphatic heterocycles. The van der Waals surface area contributed by atoms with E-state index in [0.29, 0.717) is 17.1 Å². The number of nitrogens with two attached hydrogens (primary N) is 1. The maximum absolute atomic E-state index is 12.6. The van der Waals surface area contributed by atoms with Gasteiger partial charge in [0.25, 0.3) is 17.7 Å². The third-order valence-corrected chi connectivity index (χ3v) is 4.00. The molecule has 0 aliphatic carbocycles. The lowest BCUT2D eigenvalue weighted by Crippen LogP contribution is -2.25. The third kappa shape index (κ3) is 4.26. The number of nitrogens with one attached hydrogen (secondary N) is 2. The summed E-state index contributed by atoms with van der Waals surface area (Å²) in [4.78, 5) is 34.9. The molecular weight excluding hydrogens is 390 g/mol.